The molecule has 0 saturated heterocycles. The lowest BCUT2D eigenvalue weighted by atomic mass is 9.67. The average Bonchev–Trinajstić information content (AvgIpc) is 3.58. The first-order valence-electron chi connectivity index (χ1n) is 19.8. The van der Waals surface area contributed by atoms with Gasteiger partial charge in [0.05, 0.1) is 5.41 Å². The highest BCUT2D eigenvalue weighted by atomic mass is 15.0. The summed E-state index contributed by atoms with van der Waals surface area (Å²) in [7, 11) is 0. The van der Waals surface area contributed by atoms with E-state index in [1.165, 1.54) is 50.1 Å². The molecule has 7 aromatic carbocycles. The summed E-state index contributed by atoms with van der Waals surface area (Å²) in [4.78, 5) is 19.6. The molecule has 9 aromatic rings. The van der Waals surface area contributed by atoms with Gasteiger partial charge in [0.25, 0.3) is 0 Å². The molecule has 0 fully saturated rings. The van der Waals surface area contributed by atoms with Gasteiger partial charge in [-0.3, -0.25) is 4.98 Å². The van der Waals surface area contributed by atoms with Gasteiger partial charge in [0.2, 0.25) is 0 Å². The van der Waals surface area contributed by atoms with Crippen molar-refractivity contribution in [1.29, 1.82) is 0 Å². The third-order valence-electron chi connectivity index (χ3n) is 11.6. The van der Waals surface area contributed by atoms with E-state index in [1.54, 1.807) is 0 Å². The van der Waals surface area contributed by atoms with Gasteiger partial charge in [-0.2, -0.15) is 0 Å². The predicted octanol–water partition coefficient (Wildman–Crippen LogP) is 12.9. The summed E-state index contributed by atoms with van der Waals surface area (Å²) in [6.07, 6.45) is 1.97. The summed E-state index contributed by atoms with van der Waals surface area (Å²) < 4.78 is 0. The Morgan fingerprint density at radius 3 is 1.59 bits per heavy atom. The van der Waals surface area contributed by atoms with Crippen molar-refractivity contribution in [3.63, 3.8) is 0 Å². The van der Waals surface area contributed by atoms with Gasteiger partial charge in [-0.25, -0.2) is 15.0 Å². The van der Waals surface area contributed by atoms with E-state index in [0.717, 1.165) is 39.1 Å². The molecule has 4 nitrogen and oxygen atoms in total. The molecular formula is C54H40N4. The van der Waals surface area contributed by atoms with E-state index < -0.39 is 5.41 Å². The standard InChI is InChI=1S/C54H40N4/c1-35-34-55-36(2)32-49(35)45-22-9-7-20-43(45)39-28-30-41(31-29-39)54(50-26-13-11-23-46(50)47-24-12-14-27-51(47)54)42-19-15-18-40(33-42)52-56-37(3)57-53(58-52)48-25-10-8-21-44(48)38-16-5-4-6-17-38/h4-34H,1-3H3. The molecule has 0 spiro atoms. The van der Waals surface area contributed by atoms with Crippen LogP contribution in [0.5, 0.6) is 0 Å². The summed E-state index contributed by atoms with van der Waals surface area (Å²) in [6, 6.07) is 65.4. The van der Waals surface area contributed by atoms with Gasteiger partial charge in [-0.15, -0.1) is 0 Å². The molecule has 0 saturated carbocycles. The van der Waals surface area contributed by atoms with Gasteiger partial charge >= 0.3 is 0 Å². The lowest BCUT2D eigenvalue weighted by molar-refractivity contribution is 0.768. The summed E-state index contributed by atoms with van der Waals surface area (Å²) >= 11 is 0. The van der Waals surface area contributed by atoms with Crippen molar-refractivity contribution in [2.24, 2.45) is 0 Å². The van der Waals surface area contributed by atoms with E-state index in [9.17, 15) is 0 Å². The molecular weight excluding hydrogens is 705 g/mol. The van der Waals surface area contributed by atoms with Crippen molar-refractivity contribution in [3.05, 3.63) is 228 Å². The first-order chi connectivity index (χ1) is 28.5. The number of aryl methyl sites for hydroxylation is 3. The minimum Gasteiger partial charge on any atom is -0.261 e. The van der Waals surface area contributed by atoms with Crippen LogP contribution in [0.1, 0.15) is 39.3 Å². The fourth-order valence-electron chi connectivity index (χ4n) is 8.98. The molecule has 58 heavy (non-hydrogen) atoms. The van der Waals surface area contributed by atoms with Crippen LogP contribution >= 0.6 is 0 Å². The molecule has 2 aromatic heterocycles. The zero-order valence-corrected chi connectivity index (χ0v) is 32.7. The fraction of sp³-hybridized carbons (Fsp3) is 0.0741. The Labute approximate surface area is 339 Å². The Balaban J connectivity index is 1.14. The molecule has 2 heterocycles. The van der Waals surface area contributed by atoms with E-state index >= 15 is 0 Å². The summed E-state index contributed by atoms with van der Waals surface area (Å²) in [5.41, 5.74) is 17.8. The summed E-state index contributed by atoms with van der Waals surface area (Å²) in [5.74, 6) is 1.98. The van der Waals surface area contributed by atoms with Crippen LogP contribution in [-0.4, -0.2) is 19.9 Å². The summed E-state index contributed by atoms with van der Waals surface area (Å²) in [6.45, 7) is 6.14. The van der Waals surface area contributed by atoms with Crippen molar-refractivity contribution < 1.29 is 0 Å². The molecule has 0 amide bonds. The number of hydrogen-bond donors (Lipinski definition) is 0. The normalized spacial score (nSPS) is 12.5. The van der Waals surface area contributed by atoms with E-state index in [1.807, 2.05) is 25.3 Å². The first kappa shape index (κ1) is 35.1. The Kier molecular flexibility index (Phi) is 8.68. The Bertz CT molecular complexity index is 2940. The highest BCUT2D eigenvalue weighted by molar-refractivity contribution is 5.88. The molecule has 10 rings (SSSR count). The van der Waals surface area contributed by atoms with Crippen LogP contribution in [0.25, 0.3) is 67.3 Å². The number of aromatic nitrogens is 4. The number of hydrogen-bond acceptors (Lipinski definition) is 4. The van der Waals surface area contributed by atoms with Gasteiger partial charge in [0.1, 0.15) is 5.82 Å². The monoisotopic (exact) mass is 744 g/mol. The van der Waals surface area contributed by atoms with E-state index in [-0.39, 0.29) is 0 Å². The van der Waals surface area contributed by atoms with Crippen molar-refractivity contribution in [2.45, 2.75) is 26.2 Å². The Morgan fingerprint density at radius 1 is 0.362 bits per heavy atom. The molecule has 0 aliphatic heterocycles. The maximum atomic E-state index is 5.18. The number of benzene rings is 7. The second-order valence-electron chi connectivity index (χ2n) is 15.1. The van der Waals surface area contributed by atoms with E-state index in [4.69, 9.17) is 15.0 Å². The Hall–Kier alpha value is -7.30. The van der Waals surface area contributed by atoms with Crippen LogP contribution in [-0.2, 0) is 5.41 Å². The molecule has 0 bridgehead atoms. The average molecular weight is 745 g/mol. The maximum absolute atomic E-state index is 5.18. The van der Waals surface area contributed by atoms with E-state index in [2.05, 4.69) is 189 Å². The van der Waals surface area contributed by atoms with Crippen molar-refractivity contribution >= 4 is 0 Å². The molecule has 1 aliphatic rings. The van der Waals surface area contributed by atoms with Gasteiger partial charge in [0, 0.05) is 23.0 Å². The first-order valence-corrected chi connectivity index (χ1v) is 19.8. The molecule has 0 N–H and O–H groups in total. The smallest absolute Gasteiger partial charge is 0.164 e. The zero-order chi connectivity index (χ0) is 39.2. The summed E-state index contributed by atoms with van der Waals surface area (Å²) in [5, 5.41) is 0. The number of rotatable bonds is 7. The van der Waals surface area contributed by atoms with Gasteiger partial charge in [-0.05, 0) is 105 Å². The third kappa shape index (κ3) is 5.84. The van der Waals surface area contributed by atoms with Crippen LogP contribution in [0.15, 0.2) is 188 Å². The van der Waals surface area contributed by atoms with E-state index in [0.29, 0.717) is 17.5 Å². The quantitative estimate of drug-likeness (QED) is 0.163. The fourth-order valence-corrected chi connectivity index (χ4v) is 8.98. The highest BCUT2D eigenvalue weighted by Crippen LogP contribution is 2.56. The predicted molar refractivity (Wildman–Crippen MR) is 236 cm³/mol. The molecule has 4 heteroatoms. The SMILES string of the molecule is Cc1cc(-c2ccccc2-c2ccc(C3(c4cccc(-c5nc(C)nc(-c6ccccc6-c6ccccc6)n5)c4)c4ccccc4-c4ccccc43)cc2)c(C)cn1. The van der Waals surface area contributed by atoms with Crippen molar-refractivity contribution in [3.8, 4) is 67.3 Å². The number of fused-ring (bicyclic) bond motifs is 3. The van der Waals surface area contributed by atoms with Crippen molar-refractivity contribution in [2.75, 3.05) is 0 Å². The van der Waals surface area contributed by atoms with Gasteiger partial charge in [-0.1, -0.05) is 170 Å². The minimum absolute atomic E-state index is 0.592. The molecule has 1 aliphatic carbocycles. The molecule has 276 valence electrons. The lowest BCUT2D eigenvalue weighted by Crippen LogP contribution is -2.28. The second kappa shape index (κ2) is 14.3. The molecule has 0 unspecified atom stereocenters. The van der Waals surface area contributed by atoms with Gasteiger partial charge in [0.15, 0.2) is 11.6 Å². The molecule has 0 radical (unpaired) electrons. The van der Waals surface area contributed by atoms with Crippen LogP contribution in [0, 0.1) is 20.8 Å². The number of pyridine rings is 1. The van der Waals surface area contributed by atoms with Crippen LogP contribution in [0.2, 0.25) is 0 Å². The lowest BCUT2D eigenvalue weighted by Gasteiger charge is -2.34. The Morgan fingerprint density at radius 2 is 0.897 bits per heavy atom. The highest BCUT2D eigenvalue weighted by Gasteiger charge is 2.46. The topological polar surface area (TPSA) is 51.6 Å². The van der Waals surface area contributed by atoms with Crippen LogP contribution in [0.3, 0.4) is 0 Å². The zero-order valence-electron chi connectivity index (χ0n) is 32.7. The second-order valence-corrected chi connectivity index (χ2v) is 15.1. The third-order valence-corrected chi connectivity index (χ3v) is 11.6. The minimum atomic E-state index is -0.592. The maximum Gasteiger partial charge on any atom is 0.164 e. The largest absolute Gasteiger partial charge is 0.261 e. The number of nitrogens with zero attached hydrogens (tertiary/aromatic N) is 4. The van der Waals surface area contributed by atoms with Crippen molar-refractivity contribution in [1.82, 2.24) is 19.9 Å². The molecule has 0 atom stereocenters. The van der Waals surface area contributed by atoms with Gasteiger partial charge < -0.3 is 0 Å². The van der Waals surface area contributed by atoms with Crippen LogP contribution in [0.4, 0.5) is 0 Å². The van der Waals surface area contributed by atoms with Crippen LogP contribution < -0.4 is 0 Å².